The van der Waals surface area contributed by atoms with Gasteiger partial charge in [-0.15, -0.1) is 0 Å². The monoisotopic (exact) mass is 472 g/mol. The van der Waals surface area contributed by atoms with Crippen molar-refractivity contribution in [3.63, 3.8) is 0 Å². The lowest BCUT2D eigenvalue weighted by Gasteiger charge is -2.32. The van der Waals surface area contributed by atoms with Crippen LogP contribution in [0.4, 0.5) is 11.5 Å². The van der Waals surface area contributed by atoms with Gasteiger partial charge in [0.25, 0.3) is 5.91 Å². The summed E-state index contributed by atoms with van der Waals surface area (Å²) in [5, 5.41) is 13.4. The number of piperazine rings is 1. The molecule has 2 aromatic carbocycles. The number of ether oxygens (including phenoxy) is 1. The minimum Gasteiger partial charge on any atom is -0.494 e. The van der Waals surface area contributed by atoms with Crippen molar-refractivity contribution >= 4 is 23.0 Å². The quantitative estimate of drug-likeness (QED) is 0.327. The van der Waals surface area contributed by atoms with Crippen LogP contribution in [-0.4, -0.2) is 72.3 Å². The molecule has 0 bridgehead atoms. The first-order valence-electron chi connectivity index (χ1n) is 12.2. The Kier molecular flexibility index (Phi) is 7.11. The van der Waals surface area contributed by atoms with Gasteiger partial charge in [-0.25, -0.2) is 0 Å². The summed E-state index contributed by atoms with van der Waals surface area (Å²) < 4.78 is 5.93. The van der Waals surface area contributed by atoms with Crippen LogP contribution >= 0.6 is 0 Å². The minimum atomic E-state index is -0.111. The lowest BCUT2D eigenvalue weighted by Crippen LogP contribution is -2.44. The van der Waals surface area contributed by atoms with Crippen LogP contribution in [0.2, 0.25) is 0 Å². The van der Waals surface area contributed by atoms with Crippen molar-refractivity contribution in [3.8, 4) is 5.75 Å². The van der Waals surface area contributed by atoms with Crippen LogP contribution in [0.15, 0.2) is 60.8 Å². The maximum absolute atomic E-state index is 12.2. The van der Waals surface area contributed by atoms with Crippen LogP contribution in [0.3, 0.4) is 0 Å². The van der Waals surface area contributed by atoms with Gasteiger partial charge in [-0.05, 0) is 37.2 Å². The van der Waals surface area contributed by atoms with E-state index in [1.165, 1.54) is 0 Å². The number of nitrogens with one attached hydrogen (secondary N) is 3. The van der Waals surface area contributed by atoms with Crippen molar-refractivity contribution in [1.82, 2.24) is 20.0 Å². The second kappa shape index (κ2) is 10.8. The molecule has 3 N–H and O–H groups in total. The number of carbonyl (C=O) groups is 1. The molecule has 2 aliphatic heterocycles. The molecule has 182 valence electrons. The highest BCUT2D eigenvalue weighted by molar-refractivity contribution is 6.31. The number of aromatic amines is 1. The molecule has 1 saturated heterocycles. The number of amides is 1. The Morgan fingerprint density at radius 2 is 1.89 bits per heavy atom. The summed E-state index contributed by atoms with van der Waals surface area (Å²) in [5.74, 6) is 1.53. The molecule has 3 aromatic rings. The van der Waals surface area contributed by atoms with Gasteiger partial charge in [0, 0.05) is 62.7 Å². The number of H-pyrrole nitrogens is 1. The normalized spacial score (nSPS) is 17.4. The van der Waals surface area contributed by atoms with Gasteiger partial charge < -0.3 is 25.2 Å². The Hall–Kier alpha value is -3.62. The molecule has 3 heterocycles. The molecule has 1 amide bonds. The number of anilines is 2. The fourth-order valence-corrected chi connectivity index (χ4v) is 4.42. The first-order chi connectivity index (χ1) is 17.1. The summed E-state index contributed by atoms with van der Waals surface area (Å²) in [6, 6.07) is 17.8. The molecule has 1 aromatic heterocycles. The molecule has 0 aliphatic carbocycles. The van der Waals surface area contributed by atoms with Crippen molar-refractivity contribution in [2.75, 3.05) is 57.0 Å². The second-order valence-electron chi connectivity index (χ2n) is 9.14. The standard InChI is InChI=1S/C27H32N6O2/c1-32-12-14-33(15-13-32)11-4-16-35-22-9-7-20(8-10-22)17-21-18-26(31-30-21)28-19-24-23-5-2-3-6-25(23)29-27(24)34/h2-3,5-10,18-19H,4,11-17H2,1H3,(H,29,34)(H2,28,30,31)/b24-19-. The molecule has 0 radical (unpaired) electrons. The molecular weight excluding hydrogens is 440 g/mol. The molecule has 35 heavy (non-hydrogen) atoms. The number of aromatic nitrogens is 2. The number of rotatable bonds is 9. The highest BCUT2D eigenvalue weighted by Crippen LogP contribution is 2.31. The van der Waals surface area contributed by atoms with Crippen molar-refractivity contribution in [2.45, 2.75) is 12.8 Å². The van der Waals surface area contributed by atoms with Gasteiger partial charge in [-0.2, -0.15) is 5.10 Å². The molecular formula is C27H32N6O2. The van der Waals surface area contributed by atoms with E-state index in [-0.39, 0.29) is 5.91 Å². The average molecular weight is 473 g/mol. The maximum Gasteiger partial charge on any atom is 0.257 e. The predicted octanol–water partition coefficient (Wildman–Crippen LogP) is 3.42. The number of hydrogen-bond donors (Lipinski definition) is 3. The van der Waals surface area contributed by atoms with Gasteiger partial charge in [-0.3, -0.25) is 9.89 Å². The van der Waals surface area contributed by atoms with E-state index in [4.69, 9.17) is 4.74 Å². The Morgan fingerprint density at radius 3 is 2.71 bits per heavy atom. The van der Waals surface area contributed by atoms with E-state index in [1.54, 1.807) is 6.20 Å². The van der Waals surface area contributed by atoms with E-state index in [0.717, 1.165) is 79.8 Å². The summed E-state index contributed by atoms with van der Waals surface area (Å²) in [4.78, 5) is 17.1. The summed E-state index contributed by atoms with van der Waals surface area (Å²) in [5.41, 5.74) is 4.42. The number of hydrogen-bond acceptors (Lipinski definition) is 6. The summed E-state index contributed by atoms with van der Waals surface area (Å²) in [7, 11) is 2.18. The molecule has 8 heteroatoms. The summed E-state index contributed by atoms with van der Waals surface area (Å²) in [6.45, 7) is 6.43. The summed E-state index contributed by atoms with van der Waals surface area (Å²) >= 11 is 0. The van der Waals surface area contributed by atoms with Gasteiger partial charge in [0.2, 0.25) is 0 Å². The topological polar surface area (TPSA) is 85.5 Å². The van der Waals surface area contributed by atoms with Gasteiger partial charge in [0.1, 0.15) is 11.6 Å². The fourth-order valence-electron chi connectivity index (χ4n) is 4.42. The Labute approximate surface area is 206 Å². The average Bonchev–Trinajstić information content (AvgIpc) is 3.45. The number of benzene rings is 2. The smallest absolute Gasteiger partial charge is 0.257 e. The molecule has 1 fully saturated rings. The van der Waals surface area contributed by atoms with Crippen molar-refractivity contribution in [1.29, 1.82) is 0 Å². The predicted molar refractivity (Wildman–Crippen MR) is 139 cm³/mol. The van der Waals surface area contributed by atoms with Crippen LogP contribution < -0.4 is 15.4 Å². The molecule has 8 nitrogen and oxygen atoms in total. The zero-order valence-electron chi connectivity index (χ0n) is 20.1. The van der Waals surface area contributed by atoms with Crippen LogP contribution in [0.1, 0.15) is 23.2 Å². The lowest BCUT2D eigenvalue weighted by molar-refractivity contribution is -0.110. The van der Waals surface area contributed by atoms with Gasteiger partial charge in [-0.1, -0.05) is 30.3 Å². The van der Waals surface area contributed by atoms with Crippen LogP contribution in [-0.2, 0) is 11.2 Å². The van der Waals surface area contributed by atoms with E-state index in [9.17, 15) is 4.79 Å². The number of nitrogens with zero attached hydrogens (tertiary/aromatic N) is 3. The third-order valence-electron chi connectivity index (χ3n) is 6.50. The van der Waals surface area contributed by atoms with Crippen LogP contribution in [0, 0.1) is 0 Å². The molecule has 0 saturated carbocycles. The third-order valence-corrected chi connectivity index (χ3v) is 6.50. The number of para-hydroxylation sites is 1. The van der Waals surface area contributed by atoms with E-state index in [0.29, 0.717) is 12.0 Å². The van der Waals surface area contributed by atoms with Crippen LogP contribution in [0.25, 0.3) is 5.57 Å². The first-order valence-corrected chi connectivity index (χ1v) is 12.2. The lowest BCUT2D eigenvalue weighted by atomic mass is 10.1. The third kappa shape index (κ3) is 5.90. The molecule has 5 rings (SSSR count). The second-order valence-corrected chi connectivity index (χ2v) is 9.14. The molecule has 2 aliphatic rings. The number of carbonyl (C=O) groups excluding carboxylic acids is 1. The molecule has 0 unspecified atom stereocenters. The zero-order chi connectivity index (χ0) is 24.0. The number of fused-ring (bicyclic) bond motifs is 1. The summed E-state index contributed by atoms with van der Waals surface area (Å²) in [6.07, 6.45) is 3.47. The Balaban J connectivity index is 1.08. The maximum atomic E-state index is 12.2. The SMILES string of the molecule is CN1CCN(CCCOc2ccc(Cc3cc(N/C=C4\C(=O)Nc5ccccc54)[nH]n3)cc2)CC1. The van der Waals surface area contributed by atoms with Crippen molar-refractivity contribution in [3.05, 3.63) is 77.6 Å². The van der Waals surface area contributed by atoms with Crippen molar-refractivity contribution < 1.29 is 9.53 Å². The molecule has 0 atom stereocenters. The zero-order valence-corrected chi connectivity index (χ0v) is 20.1. The van der Waals surface area contributed by atoms with Gasteiger partial charge in [0.05, 0.1) is 17.9 Å². The van der Waals surface area contributed by atoms with E-state index >= 15 is 0 Å². The van der Waals surface area contributed by atoms with E-state index in [2.05, 4.69) is 49.8 Å². The van der Waals surface area contributed by atoms with Crippen LogP contribution in [0.5, 0.6) is 5.75 Å². The molecule has 0 spiro atoms. The largest absolute Gasteiger partial charge is 0.494 e. The highest BCUT2D eigenvalue weighted by atomic mass is 16.5. The van der Waals surface area contributed by atoms with E-state index < -0.39 is 0 Å². The first kappa shape index (κ1) is 23.1. The Morgan fingerprint density at radius 1 is 1.09 bits per heavy atom. The Bertz CT molecular complexity index is 1180. The fraction of sp³-hybridized carbons (Fsp3) is 0.333. The highest BCUT2D eigenvalue weighted by Gasteiger charge is 2.23. The minimum absolute atomic E-state index is 0.111. The van der Waals surface area contributed by atoms with Gasteiger partial charge >= 0.3 is 0 Å². The van der Waals surface area contributed by atoms with Gasteiger partial charge in [0.15, 0.2) is 0 Å². The van der Waals surface area contributed by atoms with Crippen molar-refractivity contribution in [2.24, 2.45) is 0 Å². The number of likely N-dealkylation sites (N-methyl/N-ethyl adjacent to an activating group) is 1. The van der Waals surface area contributed by atoms with E-state index in [1.807, 2.05) is 42.5 Å².